The Hall–Kier alpha value is -1.71. The van der Waals surface area contributed by atoms with Gasteiger partial charge in [-0.05, 0) is 30.9 Å². The molecule has 0 aliphatic carbocycles. The van der Waals surface area contributed by atoms with Crippen LogP contribution in [-0.2, 0) is 6.42 Å². The maximum absolute atomic E-state index is 9.92. The summed E-state index contributed by atoms with van der Waals surface area (Å²) >= 11 is 0. The smallest absolute Gasteiger partial charge is 0.404 e. The predicted octanol–water partition coefficient (Wildman–Crippen LogP) is 3.88. The molecule has 0 saturated heterocycles. The first-order chi connectivity index (χ1) is 9.74. The van der Waals surface area contributed by atoms with E-state index in [-0.39, 0.29) is 0 Å². The molecule has 1 aromatic carbocycles. The molecule has 20 heavy (non-hydrogen) atoms. The summed E-state index contributed by atoms with van der Waals surface area (Å²) in [5.74, 6) is 0. The van der Waals surface area contributed by atoms with Crippen LogP contribution < -0.4 is 10.6 Å². The summed E-state index contributed by atoms with van der Waals surface area (Å²) in [6.07, 6.45) is 6.06. The Labute approximate surface area is 121 Å². The number of hydrogen-bond donors (Lipinski definition) is 3. The second-order valence-electron chi connectivity index (χ2n) is 4.98. The van der Waals surface area contributed by atoms with Crippen molar-refractivity contribution in [2.45, 2.75) is 45.4 Å². The van der Waals surface area contributed by atoms with E-state index >= 15 is 0 Å². The van der Waals surface area contributed by atoms with Crippen molar-refractivity contribution >= 4 is 11.8 Å². The van der Waals surface area contributed by atoms with E-state index in [1.807, 2.05) is 0 Å². The third-order valence-corrected chi connectivity index (χ3v) is 3.26. The lowest BCUT2D eigenvalue weighted by atomic mass is 10.0. The fourth-order valence-electron chi connectivity index (χ4n) is 2.16. The van der Waals surface area contributed by atoms with Gasteiger partial charge >= 0.3 is 6.09 Å². The van der Waals surface area contributed by atoms with Crippen LogP contribution in [0.2, 0.25) is 0 Å². The van der Waals surface area contributed by atoms with Crippen LogP contribution in [0, 0.1) is 0 Å². The Kier molecular flexibility index (Phi) is 8.27. The molecule has 0 saturated carbocycles. The third-order valence-electron chi connectivity index (χ3n) is 3.26. The quantitative estimate of drug-likeness (QED) is 0.716. The van der Waals surface area contributed by atoms with Crippen LogP contribution in [-0.4, -0.2) is 24.3 Å². The summed E-state index contributed by atoms with van der Waals surface area (Å²) in [4.78, 5) is 9.92. The highest BCUT2D eigenvalue weighted by molar-refractivity contribution is 5.64. The van der Waals surface area contributed by atoms with Gasteiger partial charge in [-0.2, -0.15) is 0 Å². The molecule has 0 spiro atoms. The van der Waals surface area contributed by atoms with Crippen LogP contribution in [0.5, 0.6) is 0 Å². The highest BCUT2D eigenvalue weighted by Crippen LogP contribution is 2.20. The number of unbranched alkanes of at least 4 members (excludes halogenated alkanes) is 3. The van der Waals surface area contributed by atoms with Crippen LogP contribution in [0.15, 0.2) is 24.3 Å². The topological polar surface area (TPSA) is 61.4 Å². The number of hydrogen-bond acceptors (Lipinski definition) is 2. The van der Waals surface area contributed by atoms with Crippen LogP contribution in [0.4, 0.5) is 10.5 Å². The van der Waals surface area contributed by atoms with Gasteiger partial charge in [-0.15, -0.1) is 0 Å². The van der Waals surface area contributed by atoms with Gasteiger partial charge < -0.3 is 15.7 Å². The molecular formula is C16H26N2O2. The maximum atomic E-state index is 9.92. The number of nitrogens with one attached hydrogen (secondary N) is 2. The molecular weight excluding hydrogens is 252 g/mol. The van der Waals surface area contributed by atoms with Gasteiger partial charge in [-0.1, -0.05) is 44.4 Å². The molecule has 1 aliphatic heterocycles. The summed E-state index contributed by atoms with van der Waals surface area (Å²) in [6, 6.07) is 8.53. The molecule has 0 aromatic heterocycles. The van der Waals surface area contributed by atoms with Gasteiger partial charge in [-0.3, -0.25) is 0 Å². The lowest BCUT2D eigenvalue weighted by Crippen LogP contribution is -2.21. The second-order valence-corrected chi connectivity index (χ2v) is 4.98. The molecule has 0 atom stereocenters. The molecule has 2 rings (SSSR count). The average Bonchev–Trinajstić information content (AvgIpc) is 2.48. The fourth-order valence-corrected chi connectivity index (χ4v) is 2.16. The second kappa shape index (κ2) is 10.1. The summed E-state index contributed by atoms with van der Waals surface area (Å²) in [5.41, 5.74) is 2.79. The Bertz CT molecular complexity index is 369. The summed E-state index contributed by atoms with van der Waals surface area (Å²) in [6.45, 7) is 3.86. The Morgan fingerprint density at radius 2 is 2.10 bits per heavy atom. The lowest BCUT2D eigenvalue weighted by molar-refractivity contribution is 0.194. The standard InChI is InChI=1S/C9H11N.C7H15NO2/c1-2-6-9-8(4-1)5-3-7-10-9;1-2-3-4-5-6-8-7(9)10/h1-2,4,6,10H,3,5,7H2;8H,2-6H2,1H3,(H,9,10). The van der Waals surface area contributed by atoms with Gasteiger partial charge in [0.1, 0.15) is 0 Å². The van der Waals surface area contributed by atoms with Gasteiger partial charge in [0.05, 0.1) is 0 Å². The summed E-state index contributed by atoms with van der Waals surface area (Å²) in [7, 11) is 0. The minimum absolute atomic E-state index is 0.593. The average molecular weight is 278 g/mol. The number of fused-ring (bicyclic) bond motifs is 1. The van der Waals surface area contributed by atoms with E-state index < -0.39 is 6.09 Å². The SMILES string of the molecule is CCCCCCNC(=O)O.c1ccc2c(c1)CCCN2. The van der Waals surface area contributed by atoms with Gasteiger partial charge in [0, 0.05) is 18.8 Å². The number of rotatable bonds is 5. The van der Waals surface area contributed by atoms with Gasteiger partial charge in [-0.25, -0.2) is 4.79 Å². The Morgan fingerprint density at radius 3 is 2.80 bits per heavy atom. The highest BCUT2D eigenvalue weighted by atomic mass is 16.4. The maximum Gasteiger partial charge on any atom is 0.404 e. The first-order valence-corrected chi connectivity index (χ1v) is 7.52. The van der Waals surface area contributed by atoms with E-state index in [2.05, 4.69) is 41.8 Å². The molecule has 4 nitrogen and oxygen atoms in total. The summed E-state index contributed by atoms with van der Waals surface area (Å²) < 4.78 is 0. The molecule has 112 valence electrons. The number of benzene rings is 1. The van der Waals surface area contributed by atoms with Crippen LogP contribution in [0.1, 0.15) is 44.6 Å². The van der Waals surface area contributed by atoms with E-state index in [0.717, 1.165) is 19.4 Å². The number of para-hydroxylation sites is 1. The molecule has 1 aliphatic rings. The lowest BCUT2D eigenvalue weighted by Gasteiger charge is -2.16. The molecule has 1 amide bonds. The predicted molar refractivity (Wildman–Crippen MR) is 83.4 cm³/mol. The van der Waals surface area contributed by atoms with Crippen LogP contribution in [0.3, 0.4) is 0 Å². The third kappa shape index (κ3) is 7.02. The molecule has 0 fully saturated rings. The summed E-state index contributed by atoms with van der Waals surface area (Å²) in [5, 5.41) is 13.8. The van der Waals surface area contributed by atoms with Crippen LogP contribution >= 0.6 is 0 Å². The number of carbonyl (C=O) groups is 1. The van der Waals surface area contributed by atoms with Crippen molar-refractivity contribution < 1.29 is 9.90 Å². The van der Waals surface area contributed by atoms with Crippen molar-refractivity contribution in [1.29, 1.82) is 0 Å². The van der Waals surface area contributed by atoms with Crippen molar-refractivity contribution in [2.75, 3.05) is 18.4 Å². The molecule has 1 heterocycles. The Balaban J connectivity index is 0.000000200. The molecule has 3 N–H and O–H groups in total. The van der Waals surface area contributed by atoms with E-state index in [0.29, 0.717) is 6.54 Å². The van der Waals surface area contributed by atoms with Gasteiger partial charge in [0.25, 0.3) is 0 Å². The molecule has 0 radical (unpaired) electrons. The minimum atomic E-state index is -0.920. The normalized spacial score (nSPS) is 12.4. The zero-order valence-corrected chi connectivity index (χ0v) is 12.3. The molecule has 1 aromatic rings. The van der Waals surface area contributed by atoms with Gasteiger partial charge in [0.2, 0.25) is 0 Å². The number of amides is 1. The zero-order valence-electron chi connectivity index (χ0n) is 12.3. The Morgan fingerprint density at radius 1 is 1.30 bits per heavy atom. The van der Waals surface area contributed by atoms with E-state index in [9.17, 15) is 4.79 Å². The zero-order chi connectivity index (χ0) is 14.6. The minimum Gasteiger partial charge on any atom is -0.465 e. The fraction of sp³-hybridized carbons (Fsp3) is 0.562. The van der Waals surface area contributed by atoms with E-state index in [4.69, 9.17) is 5.11 Å². The van der Waals surface area contributed by atoms with E-state index in [1.165, 1.54) is 36.9 Å². The first kappa shape index (κ1) is 16.3. The molecule has 0 bridgehead atoms. The van der Waals surface area contributed by atoms with Gasteiger partial charge in [0.15, 0.2) is 0 Å². The van der Waals surface area contributed by atoms with Crippen LogP contribution in [0.25, 0.3) is 0 Å². The van der Waals surface area contributed by atoms with Crippen molar-refractivity contribution in [3.8, 4) is 0 Å². The number of carboxylic acid groups (broad SMARTS) is 1. The highest BCUT2D eigenvalue weighted by Gasteiger charge is 2.04. The number of anilines is 1. The number of aryl methyl sites for hydroxylation is 1. The molecule has 4 heteroatoms. The van der Waals surface area contributed by atoms with E-state index in [1.54, 1.807) is 0 Å². The monoisotopic (exact) mass is 278 g/mol. The first-order valence-electron chi connectivity index (χ1n) is 7.52. The van der Waals surface area contributed by atoms with Crippen molar-refractivity contribution in [1.82, 2.24) is 5.32 Å². The van der Waals surface area contributed by atoms with Crippen molar-refractivity contribution in [3.05, 3.63) is 29.8 Å². The van der Waals surface area contributed by atoms with Crippen molar-refractivity contribution in [3.63, 3.8) is 0 Å². The molecule has 0 unspecified atom stereocenters. The largest absolute Gasteiger partial charge is 0.465 e. The van der Waals surface area contributed by atoms with Crippen molar-refractivity contribution in [2.24, 2.45) is 0 Å².